The van der Waals surface area contributed by atoms with Gasteiger partial charge in [0.1, 0.15) is 0 Å². The summed E-state index contributed by atoms with van der Waals surface area (Å²) < 4.78 is 0. The highest BCUT2D eigenvalue weighted by Crippen LogP contribution is 2.37. The molecule has 130 valence electrons. The van der Waals surface area contributed by atoms with Crippen molar-refractivity contribution in [2.45, 2.75) is 45.1 Å². The number of piperidine rings is 1. The molecule has 1 aromatic rings. The number of carboxylic acids is 1. The van der Waals surface area contributed by atoms with Crippen LogP contribution < -0.4 is 5.32 Å². The molecule has 4 unspecified atom stereocenters. The molecule has 1 aromatic carbocycles. The van der Waals surface area contributed by atoms with E-state index in [-0.39, 0.29) is 18.0 Å². The molecule has 2 N–H and O–H groups in total. The standard InChI is InChI=1S/C19H26N2O3/c1-12-9-14(18(22)23)11-21(10-12)19(24)20-17-8-7-13(2)15-5-3-4-6-16(15)17/h3-6,12-14,17H,7-11H2,1-2H3,(H,20,24)(H,22,23). The van der Waals surface area contributed by atoms with Crippen LogP contribution in [0.1, 0.15) is 56.2 Å². The van der Waals surface area contributed by atoms with Crippen LogP contribution in [0.5, 0.6) is 0 Å². The van der Waals surface area contributed by atoms with Crippen molar-refractivity contribution < 1.29 is 14.7 Å². The van der Waals surface area contributed by atoms with Gasteiger partial charge in [-0.3, -0.25) is 4.79 Å². The molecular formula is C19H26N2O3. The topological polar surface area (TPSA) is 69.6 Å². The summed E-state index contributed by atoms with van der Waals surface area (Å²) in [6.07, 6.45) is 2.62. The molecule has 3 rings (SSSR count). The number of nitrogens with zero attached hydrogens (tertiary/aromatic N) is 1. The third-order valence-corrected chi connectivity index (χ3v) is 5.38. The van der Waals surface area contributed by atoms with E-state index in [1.807, 2.05) is 19.1 Å². The van der Waals surface area contributed by atoms with Gasteiger partial charge in [0.15, 0.2) is 0 Å². The van der Waals surface area contributed by atoms with Crippen molar-refractivity contribution in [1.29, 1.82) is 0 Å². The zero-order valence-corrected chi connectivity index (χ0v) is 14.4. The van der Waals surface area contributed by atoms with Gasteiger partial charge in [0.25, 0.3) is 0 Å². The number of fused-ring (bicyclic) bond motifs is 1. The normalized spacial score (nSPS) is 29.7. The highest BCUT2D eigenvalue weighted by Gasteiger charge is 2.33. The molecule has 0 spiro atoms. The lowest BCUT2D eigenvalue weighted by Crippen LogP contribution is -2.50. The number of hydrogen-bond acceptors (Lipinski definition) is 2. The predicted octanol–water partition coefficient (Wildman–Crippen LogP) is 3.38. The minimum Gasteiger partial charge on any atom is -0.481 e. The van der Waals surface area contributed by atoms with Crippen LogP contribution in [0.25, 0.3) is 0 Å². The highest BCUT2D eigenvalue weighted by molar-refractivity contribution is 5.77. The molecule has 1 fully saturated rings. The van der Waals surface area contributed by atoms with Crippen LogP contribution in [0.4, 0.5) is 4.79 Å². The molecule has 2 aliphatic rings. The fraction of sp³-hybridized carbons (Fsp3) is 0.579. The van der Waals surface area contributed by atoms with E-state index in [4.69, 9.17) is 0 Å². The monoisotopic (exact) mass is 330 g/mol. The molecule has 1 aliphatic heterocycles. The van der Waals surface area contributed by atoms with Gasteiger partial charge in [-0.25, -0.2) is 4.79 Å². The molecule has 1 aliphatic carbocycles. The van der Waals surface area contributed by atoms with E-state index in [0.29, 0.717) is 25.4 Å². The summed E-state index contributed by atoms with van der Waals surface area (Å²) in [5, 5.41) is 12.4. The summed E-state index contributed by atoms with van der Waals surface area (Å²) in [7, 11) is 0. The van der Waals surface area contributed by atoms with Crippen molar-refractivity contribution in [2.24, 2.45) is 11.8 Å². The fourth-order valence-corrected chi connectivity index (χ4v) is 4.09. The molecule has 0 radical (unpaired) electrons. The third kappa shape index (κ3) is 3.40. The lowest BCUT2D eigenvalue weighted by molar-refractivity contribution is -0.143. The zero-order valence-electron chi connectivity index (χ0n) is 14.4. The minimum atomic E-state index is -0.809. The molecule has 24 heavy (non-hydrogen) atoms. The molecule has 0 saturated carbocycles. The average Bonchev–Trinajstić information content (AvgIpc) is 2.57. The number of nitrogens with one attached hydrogen (secondary N) is 1. The Morgan fingerprint density at radius 1 is 1.12 bits per heavy atom. The Bertz CT molecular complexity index is 631. The predicted molar refractivity (Wildman–Crippen MR) is 91.8 cm³/mol. The number of carboxylic acid groups (broad SMARTS) is 1. The molecule has 5 heteroatoms. The summed E-state index contributed by atoms with van der Waals surface area (Å²) in [5.41, 5.74) is 2.51. The first-order valence-electron chi connectivity index (χ1n) is 8.82. The first-order valence-corrected chi connectivity index (χ1v) is 8.82. The number of likely N-dealkylation sites (tertiary alicyclic amines) is 1. The Balaban J connectivity index is 1.71. The van der Waals surface area contributed by atoms with Gasteiger partial charge in [-0.2, -0.15) is 0 Å². The van der Waals surface area contributed by atoms with E-state index < -0.39 is 11.9 Å². The van der Waals surface area contributed by atoms with E-state index in [0.717, 1.165) is 12.8 Å². The van der Waals surface area contributed by atoms with Gasteiger partial charge >= 0.3 is 12.0 Å². The Morgan fingerprint density at radius 3 is 2.54 bits per heavy atom. The maximum atomic E-state index is 12.7. The molecule has 1 saturated heterocycles. The Kier molecular flexibility index (Phi) is 4.78. The molecule has 4 atom stereocenters. The van der Waals surface area contributed by atoms with Gasteiger partial charge in [0.05, 0.1) is 12.0 Å². The van der Waals surface area contributed by atoms with E-state index >= 15 is 0 Å². The van der Waals surface area contributed by atoms with E-state index in [9.17, 15) is 14.7 Å². The second kappa shape index (κ2) is 6.83. The van der Waals surface area contributed by atoms with Gasteiger partial charge in [0, 0.05) is 13.1 Å². The van der Waals surface area contributed by atoms with Gasteiger partial charge in [0.2, 0.25) is 0 Å². The van der Waals surface area contributed by atoms with Crippen molar-refractivity contribution in [2.75, 3.05) is 13.1 Å². The number of carbonyl (C=O) groups excluding carboxylic acids is 1. The Morgan fingerprint density at radius 2 is 1.83 bits per heavy atom. The van der Waals surface area contributed by atoms with E-state index in [1.54, 1.807) is 4.90 Å². The van der Waals surface area contributed by atoms with Crippen LogP contribution in [0.2, 0.25) is 0 Å². The van der Waals surface area contributed by atoms with Crippen molar-refractivity contribution in [1.82, 2.24) is 10.2 Å². The summed E-state index contributed by atoms with van der Waals surface area (Å²) in [6.45, 7) is 5.16. The second-order valence-electron chi connectivity index (χ2n) is 7.39. The Labute approximate surface area is 143 Å². The number of aliphatic carboxylic acids is 1. The third-order valence-electron chi connectivity index (χ3n) is 5.38. The van der Waals surface area contributed by atoms with Gasteiger partial charge in [-0.1, -0.05) is 38.1 Å². The molecular weight excluding hydrogens is 304 g/mol. The fourth-order valence-electron chi connectivity index (χ4n) is 4.09. The van der Waals surface area contributed by atoms with Gasteiger partial charge < -0.3 is 15.3 Å². The summed E-state index contributed by atoms with van der Waals surface area (Å²) >= 11 is 0. The van der Waals surface area contributed by atoms with Crippen LogP contribution in [0, 0.1) is 11.8 Å². The quantitative estimate of drug-likeness (QED) is 0.873. The van der Waals surface area contributed by atoms with E-state index in [2.05, 4.69) is 24.4 Å². The Hall–Kier alpha value is -2.04. The smallest absolute Gasteiger partial charge is 0.317 e. The summed E-state index contributed by atoms with van der Waals surface area (Å²) in [5.74, 6) is -0.542. The van der Waals surface area contributed by atoms with Crippen molar-refractivity contribution in [3.05, 3.63) is 35.4 Å². The largest absolute Gasteiger partial charge is 0.481 e. The molecule has 0 aromatic heterocycles. The first-order chi connectivity index (χ1) is 11.5. The van der Waals surface area contributed by atoms with E-state index in [1.165, 1.54) is 11.1 Å². The first kappa shape index (κ1) is 16.8. The maximum Gasteiger partial charge on any atom is 0.317 e. The maximum absolute atomic E-state index is 12.7. The number of carbonyl (C=O) groups is 2. The van der Waals surface area contributed by atoms with Crippen LogP contribution in [0.15, 0.2) is 24.3 Å². The highest BCUT2D eigenvalue weighted by atomic mass is 16.4. The van der Waals surface area contributed by atoms with Crippen LogP contribution >= 0.6 is 0 Å². The lowest BCUT2D eigenvalue weighted by Gasteiger charge is -2.37. The lowest BCUT2D eigenvalue weighted by atomic mass is 9.81. The summed E-state index contributed by atoms with van der Waals surface area (Å²) in [4.78, 5) is 25.7. The number of amides is 2. The van der Waals surface area contributed by atoms with Gasteiger partial charge in [-0.15, -0.1) is 0 Å². The van der Waals surface area contributed by atoms with Crippen molar-refractivity contribution in [3.63, 3.8) is 0 Å². The summed E-state index contributed by atoms with van der Waals surface area (Å²) in [6, 6.07) is 8.17. The number of urea groups is 1. The van der Waals surface area contributed by atoms with Gasteiger partial charge in [-0.05, 0) is 42.2 Å². The molecule has 1 heterocycles. The van der Waals surface area contributed by atoms with Crippen LogP contribution in [0.3, 0.4) is 0 Å². The average molecular weight is 330 g/mol. The number of rotatable bonds is 2. The van der Waals surface area contributed by atoms with Crippen molar-refractivity contribution >= 4 is 12.0 Å². The second-order valence-corrected chi connectivity index (χ2v) is 7.39. The minimum absolute atomic E-state index is 0.0189. The SMILES string of the molecule is CC1CC(C(=O)O)CN(C(=O)NC2CCC(C)c3ccccc32)C1. The number of benzene rings is 1. The molecule has 0 bridgehead atoms. The molecule has 5 nitrogen and oxygen atoms in total. The molecule has 2 amide bonds. The number of hydrogen-bond donors (Lipinski definition) is 2. The van der Waals surface area contributed by atoms with Crippen LogP contribution in [-0.2, 0) is 4.79 Å². The van der Waals surface area contributed by atoms with Crippen molar-refractivity contribution in [3.8, 4) is 0 Å². The zero-order chi connectivity index (χ0) is 17.3. The van der Waals surface area contributed by atoms with Crippen LogP contribution in [-0.4, -0.2) is 35.1 Å².